The topological polar surface area (TPSA) is 50.3 Å². The van der Waals surface area contributed by atoms with Gasteiger partial charge in [-0.05, 0) is 26.3 Å². The fourth-order valence-corrected chi connectivity index (χ4v) is 3.47. The lowest BCUT2D eigenvalue weighted by Gasteiger charge is -2.32. The van der Waals surface area contributed by atoms with Crippen molar-refractivity contribution in [2.75, 3.05) is 36.5 Å². The fraction of sp³-hybridized carbons (Fsp3) is 0.600. The third-order valence-electron chi connectivity index (χ3n) is 3.57. The van der Waals surface area contributed by atoms with E-state index in [0.717, 1.165) is 54.6 Å². The molecule has 1 aliphatic rings. The third kappa shape index (κ3) is 3.11. The maximum Gasteiger partial charge on any atom is 0.226 e. The van der Waals surface area contributed by atoms with E-state index in [1.54, 1.807) is 11.3 Å². The predicted octanol–water partition coefficient (Wildman–Crippen LogP) is 3.05. The van der Waals surface area contributed by atoms with Gasteiger partial charge in [0.15, 0.2) is 0 Å². The second-order valence-corrected chi connectivity index (χ2v) is 6.74. The molecule has 1 atom stereocenters. The molecule has 0 aromatic carbocycles. The molecule has 0 radical (unpaired) electrons. The van der Waals surface area contributed by atoms with Gasteiger partial charge in [0.2, 0.25) is 5.95 Å². The molecule has 0 saturated carbocycles. The molecule has 6 heteroatoms. The zero-order valence-corrected chi connectivity index (χ0v) is 13.7. The second-order valence-electron chi connectivity index (χ2n) is 5.50. The largest absolute Gasteiger partial charge is 0.375 e. The Morgan fingerprint density at radius 1 is 1.48 bits per heavy atom. The number of hydrogen-bond acceptors (Lipinski definition) is 6. The van der Waals surface area contributed by atoms with Gasteiger partial charge in [0, 0.05) is 24.5 Å². The number of rotatable bonds is 4. The molecule has 3 heterocycles. The summed E-state index contributed by atoms with van der Waals surface area (Å²) < 4.78 is 5.64. The van der Waals surface area contributed by atoms with Gasteiger partial charge in [-0.25, -0.2) is 4.98 Å². The molecule has 1 unspecified atom stereocenters. The normalized spacial score (nSPS) is 19.2. The van der Waals surface area contributed by atoms with Gasteiger partial charge < -0.3 is 15.0 Å². The van der Waals surface area contributed by atoms with E-state index in [4.69, 9.17) is 9.72 Å². The van der Waals surface area contributed by atoms with Crippen LogP contribution in [0.15, 0.2) is 6.07 Å². The van der Waals surface area contributed by atoms with Crippen LogP contribution in [-0.2, 0) is 4.74 Å². The standard InChI is InChI=1S/C15H22N4OS/c1-4-5-16-15-17-13(19-6-7-20-10(2)9-19)12-8-11(3)21-14(12)18-15/h8,10H,4-7,9H2,1-3H3,(H,16,17,18). The highest BCUT2D eigenvalue weighted by atomic mass is 32.1. The maximum absolute atomic E-state index is 5.64. The van der Waals surface area contributed by atoms with Crippen molar-refractivity contribution in [1.29, 1.82) is 0 Å². The monoisotopic (exact) mass is 306 g/mol. The van der Waals surface area contributed by atoms with Gasteiger partial charge in [-0.1, -0.05) is 6.92 Å². The molecule has 2 aromatic rings. The van der Waals surface area contributed by atoms with Crippen LogP contribution in [0, 0.1) is 6.92 Å². The summed E-state index contributed by atoms with van der Waals surface area (Å²) in [4.78, 5) is 14.1. The Kier molecular flexibility index (Phi) is 4.26. The highest BCUT2D eigenvalue weighted by Gasteiger charge is 2.21. The molecule has 1 fully saturated rings. The first-order chi connectivity index (χ1) is 10.2. The number of nitrogens with one attached hydrogen (secondary N) is 1. The van der Waals surface area contributed by atoms with Gasteiger partial charge in [-0.15, -0.1) is 11.3 Å². The second kappa shape index (κ2) is 6.15. The molecular formula is C15H22N4OS. The van der Waals surface area contributed by atoms with Crippen LogP contribution in [0.5, 0.6) is 0 Å². The van der Waals surface area contributed by atoms with Crippen molar-refractivity contribution in [3.8, 4) is 0 Å². The third-order valence-corrected chi connectivity index (χ3v) is 4.51. The number of hydrogen-bond donors (Lipinski definition) is 1. The summed E-state index contributed by atoms with van der Waals surface area (Å²) in [6.45, 7) is 9.80. The number of aryl methyl sites for hydroxylation is 1. The van der Waals surface area contributed by atoms with Crippen LogP contribution in [0.1, 0.15) is 25.1 Å². The zero-order valence-electron chi connectivity index (χ0n) is 12.8. The van der Waals surface area contributed by atoms with Gasteiger partial charge in [-0.3, -0.25) is 0 Å². The summed E-state index contributed by atoms with van der Waals surface area (Å²) in [5, 5.41) is 4.47. The number of morpholine rings is 1. The van der Waals surface area contributed by atoms with Gasteiger partial charge in [0.1, 0.15) is 10.6 Å². The van der Waals surface area contributed by atoms with Crippen molar-refractivity contribution in [1.82, 2.24) is 9.97 Å². The minimum Gasteiger partial charge on any atom is -0.375 e. The number of thiophene rings is 1. The summed E-state index contributed by atoms with van der Waals surface area (Å²) >= 11 is 1.73. The molecule has 0 bridgehead atoms. The highest BCUT2D eigenvalue weighted by molar-refractivity contribution is 7.18. The highest BCUT2D eigenvalue weighted by Crippen LogP contribution is 2.32. The van der Waals surface area contributed by atoms with Crippen molar-refractivity contribution < 1.29 is 4.74 Å². The van der Waals surface area contributed by atoms with Crippen LogP contribution in [0.2, 0.25) is 0 Å². The Morgan fingerprint density at radius 2 is 2.33 bits per heavy atom. The number of nitrogens with zero attached hydrogens (tertiary/aromatic N) is 3. The Bertz CT molecular complexity index is 627. The summed E-state index contributed by atoms with van der Waals surface area (Å²) in [6.07, 6.45) is 1.31. The van der Waals surface area contributed by atoms with Crippen LogP contribution >= 0.6 is 11.3 Å². The molecule has 1 aliphatic heterocycles. The summed E-state index contributed by atoms with van der Waals surface area (Å²) in [5.74, 6) is 1.78. The van der Waals surface area contributed by atoms with Crippen LogP contribution in [-0.4, -0.2) is 42.3 Å². The first-order valence-electron chi connectivity index (χ1n) is 7.56. The summed E-state index contributed by atoms with van der Waals surface area (Å²) in [5.41, 5.74) is 0. The Balaban J connectivity index is 2.01. The van der Waals surface area contributed by atoms with E-state index in [2.05, 4.69) is 42.0 Å². The van der Waals surface area contributed by atoms with Crippen molar-refractivity contribution in [3.05, 3.63) is 10.9 Å². The molecule has 2 aromatic heterocycles. The predicted molar refractivity (Wildman–Crippen MR) is 88.6 cm³/mol. The maximum atomic E-state index is 5.64. The molecule has 3 rings (SSSR count). The van der Waals surface area contributed by atoms with Gasteiger partial charge in [-0.2, -0.15) is 4.98 Å². The lowest BCUT2D eigenvalue weighted by molar-refractivity contribution is 0.0530. The van der Waals surface area contributed by atoms with E-state index < -0.39 is 0 Å². The minimum atomic E-state index is 0.246. The lowest BCUT2D eigenvalue weighted by atomic mass is 10.2. The minimum absolute atomic E-state index is 0.246. The molecule has 1 N–H and O–H groups in total. The molecule has 5 nitrogen and oxygen atoms in total. The number of aromatic nitrogens is 2. The van der Waals surface area contributed by atoms with Crippen molar-refractivity contribution >= 4 is 33.3 Å². The Morgan fingerprint density at radius 3 is 3.10 bits per heavy atom. The van der Waals surface area contributed by atoms with Gasteiger partial charge >= 0.3 is 0 Å². The van der Waals surface area contributed by atoms with Crippen LogP contribution in [0.25, 0.3) is 10.2 Å². The number of ether oxygens (including phenoxy) is 1. The fourth-order valence-electron chi connectivity index (χ4n) is 2.59. The van der Waals surface area contributed by atoms with E-state index in [1.807, 2.05) is 0 Å². The molecule has 21 heavy (non-hydrogen) atoms. The van der Waals surface area contributed by atoms with Crippen molar-refractivity contribution in [2.24, 2.45) is 0 Å². The zero-order chi connectivity index (χ0) is 14.8. The van der Waals surface area contributed by atoms with E-state index in [1.165, 1.54) is 4.88 Å². The molecule has 114 valence electrons. The van der Waals surface area contributed by atoms with Gasteiger partial charge in [0.25, 0.3) is 0 Å². The average molecular weight is 306 g/mol. The van der Waals surface area contributed by atoms with E-state index in [0.29, 0.717) is 0 Å². The molecule has 0 aliphatic carbocycles. The van der Waals surface area contributed by atoms with E-state index in [9.17, 15) is 0 Å². The molecule has 0 amide bonds. The van der Waals surface area contributed by atoms with Crippen LogP contribution in [0.4, 0.5) is 11.8 Å². The van der Waals surface area contributed by atoms with Crippen molar-refractivity contribution in [3.63, 3.8) is 0 Å². The molecular weight excluding hydrogens is 284 g/mol. The lowest BCUT2D eigenvalue weighted by Crippen LogP contribution is -2.41. The first kappa shape index (κ1) is 14.5. The molecule has 1 saturated heterocycles. The quantitative estimate of drug-likeness (QED) is 0.941. The smallest absolute Gasteiger partial charge is 0.226 e. The Hall–Kier alpha value is -1.40. The SMILES string of the molecule is CCCNc1nc(N2CCOC(C)C2)c2cc(C)sc2n1. The van der Waals surface area contributed by atoms with E-state index in [-0.39, 0.29) is 6.10 Å². The van der Waals surface area contributed by atoms with Crippen LogP contribution < -0.4 is 10.2 Å². The number of fused-ring (bicyclic) bond motifs is 1. The summed E-state index contributed by atoms with van der Waals surface area (Å²) in [6, 6.07) is 2.19. The average Bonchev–Trinajstić information content (AvgIpc) is 2.84. The van der Waals surface area contributed by atoms with Crippen LogP contribution in [0.3, 0.4) is 0 Å². The molecule has 0 spiro atoms. The number of anilines is 2. The van der Waals surface area contributed by atoms with Gasteiger partial charge in [0.05, 0.1) is 18.1 Å². The Labute approximate surface area is 129 Å². The first-order valence-corrected chi connectivity index (χ1v) is 8.37. The van der Waals surface area contributed by atoms with E-state index >= 15 is 0 Å². The van der Waals surface area contributed by atoms with Crippen molar-refractivity contribution in [2.45, 2.75) is 33.3 Å². The summed E-state index contributed by atoms with van der Waals surface area (Å²) in [7, 11) is 0.